The number of aryl methyl sites for hydroxylation is 2. The minimum absolute atomic E-state index is 0.0644. The Morgan fingerprint density at radius 3 is 2.77 bits per heavy atom. The van der Waals surface area contributed by atoms with Crippen LogP contribution in [0.1, 0.15) is 17.5 Å². The third kappa shape index (κ3) is 4.65. The molecular formula is C19H18ClN3O2S. The second-order valence-corrected chi connectivity index (χ2v) is 7.67. The molecule has 1 fully saturated rings. The SMILES string of the molecule is Cc1ccc(N=C2NC(=O)[C@@H](CC(=O)Nc3cccc(Cl)c3)S2)cc1C. The monoisotopic (exact) mass is 387 g/mol. The van der Waals surface area contributed by atoms with Crippen LogP contribution in [0.5, 0.6) is 0 Å². The van der Waals surface area contributed by atoms with E-state index in [0.717, 1.165) is 11.3 Å². The summed E-state index contributed by atoms with van der Waals surface area (Å²) in [5.74, 6) is -0.453. The molecule has 0 bridgehead atoms. The van der Waals surface area contributed by atoms with Crippen molar-refractivity contribution in [3.63, 3.8) is 0 Å². The number of aliphatic imine (C=N–C) groups is 1. The Bertz CT molecular complexity index is 898. The van der Waals surface area contributed by atoms with Crippen LogP contribution in [0.4, 0.5) is 11.4 Å². The number of nitrogens with one attached hydrogen (secondary N) is 2. The molecule has 2 amide bonds. The van der Waals surface area contributed by atoms with Crippen LogP contribution in [-0.2, 0) is 9.59 Å². The fraction of sp³-hybridized carbons (Fsp3) is 0.211. The maximum atomic E-state index is 12.2. The summed E-state index contributed by atoms with van der Waals surface area (Å²) in [5.41, 5.74) is 3.71. The summed E-state index contributed by atoms with van der Waals surface area (Å²) >= 11 is 7.17. The van der Waals surface area contributed by atoms with E-state index < -0.39 is 5.25 Å². The number of rotatable bonds is 4. The van der Waals surface area contributed by atoms with Gasteiger partial charge in [-0.2, -0.15) is 0 Å². The smallest absolute Gasteiger partial charge is 0.240 e. The molecule has 2 aromatic rings. The second kappa shape index (κ2) is 7.93. The highest BCUT2D eigenvalue weighted by Crippen LogP contribution is 2.26. The molecule has 1 atom stereocenters. The number of nitrogens with zero attached hydrogens (tertiary/aromatic N) is 1. The van der Waals surface area contributed by atoms with Gasteiger partial charge in [-0.1, -0.05) is 35.5 Å². The summed E-state index contributed by atoms with van der Waals surface area (Å²) < 4.78 is 0. The Labute approximate surface area is 161 Å². The lowest BCUT2D eigenvalue weighted by atomic mass is 10.1. The molecule has 0 aliphatic carbocycles. The fourth-order valence-corrected chi connectivity index (χ4v) is 3.63. The molecule has 0 spiro atoms. The van der Waals surface area contributed by atoms with Crippen molar-refractivity contribution in [3.8, 4) is 0 Å². The zero-order valence-corrected chi connectivity index (χ0v) is 15.9. The van der Waals surface area contributed by atoms with Crippen molar-refractivity contribution in [1.29, 1.82) is 0 Å². The molecule has 3 rings (SSSR count). The van der Waals surface area contributed by atoms with Gasteiger partial charge in [-0.15, -0.1) is 0 Å². The van der Waals surface area contributed by atoms with Gasteiger partial charge in [-0.25, -0.2) is 4.99 Å². The van der Waals surface area contributed by atoms with Gasteiger partial charge in [0.2, 0.25) is 11.8 Å². The number of amides is 2. The highest BCUT2D eigenvalue weighted by molar-refractivity contribution is 8.15. The summed E-state index contributed by atoms with van der Waals surface area (Å²) in [4.78, 5) is 28.8. The zero-order valence-electron chi connectivity index (χ0n) is 14.4. The second-order valence-electron chi connectivity index (χ2n) is 6.04. The molecule has 5 nitrogen and oxygen atoms in total. The average molecular weight is 388 g/mol. The quantitative estimate of drug-likeness (QED) is 0.825. The molecule has 0 unspecified atom stereocenters. The lowest BCUT2D eigenvalue weighted by molar-refractivity contribution is -0.122. The normalized spacial score (nSPS) is 18.0. The number of halogens is 1. The van der Waals surface area contributed by atoms with Gasteiger partial charge in [0.25, 0.3) is 0 Å². The zero-order chi connectivity index (χ0) is 18.7. The van der Waals surface area contributed by atoms with Crippen molar-refractivity contribution in [1.82, 2.24) is 5.32 Å². The van der Waals surface area contributed by atoms with Crippen LogP contribution in [0.15, 0.2) is 47.5 Å². The Morgan fingerprint density at radius 2 is 2.04 bits per heavy atom. The van der Waals surface area contributed by atoms with E-state index in [9.17, 15) is 9.59 Å². The first-order chi connectivity index (χ1) is 12.4. The minimum Gasteiger partial charge on any atom is -0.326 e. The van der Waals surface area contributed by atoms with E-state index >= 15 is 0 Å². The maximum Gasteiger partial charge on any atom is 0.240 e. The van der Waals surface area contributed by atoms with E-state index in [1.165, 1.54) is 17.3 Å². The third-order valence-electron chi connectivity index (χ3n) is 3.98. The highest BCUT2D eigenvalue weighted by Gasteiger charge is 2.32. The average Bonchev–Trinajstić information content (AvgIpc) is 2.90. The van der Waals surface area contributed by atoms with Gasteiger partial charge in [0.1, 0.15) is 5.25 Å². The minimum atomic E-state index is -0.500. The van der Waals surface area contributed by atoms with Crippen molar-refractivity contribution >= 4 is 51.7 Å². The van der Waals surface area contributed by atoms with Gasteiger partial charge < -0.3 is 10.6 Å². The third-order valence-corrected chi connectivity index (χ3v) is 5.29. The van der Waals surface area contributed by atoms with Crippen molar-refractivity contribution in [2.75, 3.05) is 5.32 Å². The molecule has 2 aromatic carbocycles. The van der Waals surface area contributed by atoms with E-state index in [1.807, 2.05) is 32.0 Å². The van der Waals surface area contributed by atoms with Gasteiger partial charge in [-0.3, -0.25) is 9.59 Å². The van der Waals surface area contributed by atoms with Crippen LogP contribution in [0.3, 0.4) is 0 Å². The van der Waals surface area contributed by atoms with Crippen LogP contribution in [-0.4, -0.2) is 22.2 Å². The summed E-state index contributed by atoms with van der Waals surface area (Å²) in [6.45, 7) is 4.05. The number of carbonyl (C=O) groups excluding carboxylic acids is 2. The fourth-order valence-electron chi connectivity index (χ4n) is 2.45. The largest absolute Gasteiger partial charge is 0.326 e. The summed E-state index contributed by atoms with van der Waals surface area (Å²) in [6, 6.07) is 12.8. The molecule has 0 aromatic heterocycles. The molecule has 1 aliphatic heterocycles. The summed E-state index contributed by atoms with van der Waals surface area (Å²) in [7, 11) is 0. The lowest BCUT2D eigenvalue weighted by Crippen LogP contribution is -2.28. The van der Waals surface area contributed by atoms with Gasteiger partial charge in [0.05, 0.1) is 5.69 Å². The van der Waals surface area contributed by atoms with E-state index in [2.05, 4.69) is 15.6 Å². The summed E-state index contributed by atoms with van der Waals surface area (Å²) in [6.07, 6.45) is 0.0644. The number of carbonyl (C=O) groups is 2. The van der Waals surface area contributed by atoms with Crippen molar-refractivity contribution < 1.29 is 9.59 Å². The number of hydrogen-bond acceptors (Lipinski definition) is 4. The number of anilines is 1. The lowest BCUT2D eigenvalue weighted by Gasteiger charge is -2.07. The van der Waals surface area contributed by atoms with E-state index in [-0.39, 0.29) is 18.2 Å². The first-order valence-electron chi connectivity index (χ1n) is 8.09. The van der Waals surface area contributed by atoms with Crippen molar-refractivity contribution in [2.45, 2.75) is 25.5 Å². The first-order valence-corrected chi connectivity index (χ1v) is 9.35. The molecule has 26 heavy (non-hydrogen) atoms. The molecule has 1 saturated heterocycles. The number of hydrogen-bond donors (Lipinski definition) is 2. The standard InChI is InChI=1S/C19H18ClN3O2S/c1-11-6-7-15(8-12(11)2)22-19-23-18(25)16(26-19)10-17(24)21-14-5-3-4-13(20)9-14/h3-9,16H,10H2,1-2H3,(H,21,24)(H,22,23,25)/t16-/m1/s1. The topological polar surface area (TPSA) is 70.6 Å². The Hall–Kier alpha value is -2.31. The van der Waals surface area contributed by atoms with Crippen LogP contribution in [0.2, 0.25) is 5.02 Å². The van der Waals surface area contributed by atoms with Crippen LogP contribution >= 0.6 is 23.4 Å². The van der Waals surface area contributed by atoms with Crippen LogP contribution in [0, 0.1) is 13.8 Å². The molecule has 7 heteroatoms. The molecule has 0 saturated carbocycles. The van der Waals surface area contributed by atoms with Crippen molar-refractivity contribution in [3.05, 3.63) is 58.6 Å². The maximum absolute atomic E-state index is 12.2. The molecule has 0 radical (unpaired) electrons. The Kier molecular flexibility index (Phi) is 5.64. The predicted molar refractivity (Wildman–Crippen MR) is 107 cm³/mol. The first kappa shape index (κ1) is 18.5. The molecule has 134 valence electrons. The van der Waals surface area contributed by atoms with Crippen LogP contribution in [0.25, 0.3) is 0 Å². The summed E-state index contributed by atoms with van der Waals surface area (Å²) in [5, 5.41) is 6.04. The molecule has 1 heterocycles. The number of amidine groups is 1. The van der Waals surface area contributed by atoms with Gasteiger partial charge in [-0.05, 0) is 55.3 Å². The molecule has 1 aliphatic rings. The molecule has 2 N–H and O–H groups in total. The van der Waals surface area contributed by atoms with Gasteiger partial charge in [0, 0.05) is 17.1 Å². The Morgan fingerprint density at radius 1 is 1.23 bits per heavy atom. The van der Waals surface area contributed by atoms with Crippen LogP contribution < -0.4 is 10.6 Å². The van der Waals surface area contributed by atoms with E-state index in [0.29, 0.717) is 15.9 Å². The van der Waals surface area contributed by atoms with Crippen molar-refractivity contribution in [2.24, 2.45) is 4.99 Å². The van der Waals surface area contributed by atoms with E-state index in [1.54, 1.807) is 24.3 Å². The van der Waals surface area contributed by atoms with Gasteiger partial charge in [0.15, 0.2) is 5.17 Å². The van der Waals surface area contributed by atoms with E-state index in [4.69, 9.17) is 11.6 Å². The number of thioether (sulfide) groups is 1. The molecular weight excluding hydrogens is 370 g/mol. The number of benzene rings is 2. The highest BCUT2D eigenvalue weighted by atomic mass is 35.5. The predicted octanol–water partition coefficient (Wildman–Crippen LogP) is 4.20. The van der Waals surface area contributed by atoms with Gasteiger partial charge >= 0.3 is 0 Å². The Balaban J connectivity index is 1.63.